The van der Waals surface area contributed by atoms with Gasteiger partial charge in [-0.15, -0.1) is 0 Å². The van der Waals surface area contributed by atoms with E-state index in [1.54, 1.807) is 30.5 Å². The Bertz CT molecular complexity index is 1720. The highest BCUT2D eigenvalue weighted by Crippen LogP contribution is 2.35. The molecule has 12 heteroatoms. The number of anilines is 1. The first-order valence-electron chi connectivity index (χ1n) is 12.3. The Hall–Kier alpha value is -4.19. The molecule has 40 heavy (non-hydrogen) atoms. The number of alkyl halides is 3. The average molecular weight is 574 g/mol. The van der Waals surface area contributed by atoms with Crippen molar-refractivity contribution in [1.29, 1.82) is 0 Å². The van der Waals surface area contributed by atoms with Crippen LogP contribution in [0.15, 0.2) is 64.5 Å². The van der Waals surface area contributed by atoms with Crippen LogP contribution < -0.4 is 21.0 Å². The summed E-state index contributed by atoms with van der Waals surface area (Å²) < 4.78 is 59.8. The second kappa shape index (κ2) is 11.1. The lowest BCUT2D eigenvalue weighted by Crippen LogP contribution is -2.37. The van der Waals surface area contributed by atoms with Crippen LogP contribution in [0.1, 0.15) is 23.1 Å². The van der Waals surface area contributed by atoms with Gasteiger partial charge in [0.15, 0.2) is 6.21 Å². The van der Waals surface area contributed by atoms with Gasteiger partial charge in [-0.2, -0.15) is 21.6 Å². The third-order valence-corrected chi connectivity index (χ3v) is 8.06. The molecule has 0 fully saturated rings. The number of carboxylic acids is 1. The van der Waals surface area contributed by atoms with E-state index in [4.69, 9.17) is 9.90 Å². The Morgan fingerprint density at radius 2 is 1.65 bits per heavy atom. The maximum atomic E-state index is 13.5. The van der Waals surface area contributed by atoms with Crippen molar-refractivity contribution in [2.45, 2.75) is 37.8 Å². The molecule has 0 radical (unpaired) electrons. The van der Waals surface area contributed by atoms with Gasteiger partial charge in [-0.1, -0.05) is 51.5 Å². The lowest BCUT2D eigenvalue weighted by Gasteiger charge is -2.11. The van der Waals surface area contributed by atoms with Crippen molar-refractivity contribution in [1.82, 2.24) is 0 Å². The first-order chi connectivity index (χ1) is 18.8. The Morgan fingerprint density at radius 1 is 1.07 bits per heavy atom. The van der Waals surface area contributed by atoms with Crippen molar-refractivity contribution in [2.24, 2.45) is 4.99 Å². The molecule has 2 aliphatic rings. The minimum Gasteiger partial charge on any atom is -0.542 e. The number of aliphatic carboxylic acids is 1. The predicted octanol–water partition coefficient (Wildman–Crippen LogP) is 2.25. The van der Waals surface area contributed by atoms with Crippen molar-refractivity contribution in [3.63, 3.8) is 0 Å². The number of phenolic OH excluding ortho intramolecular Hbond substituents is 1. The predicted molar refractivity (Wildman–Crippen MR) is 141 cm³/mol. The lowest BCUT2D eigenvalue weighted by molar-refractivity contribution is -0.344. The summed E-state index contributed by atoms with van der Waals surface area (Å²) in [5.74, 6) is -3.08. The molecule has 2 aliphatic heterocycles. The van der Waals surface area contributed by atoms with Crippen LogP contribution in [0.2, 0.25) is 0 Å². The van der Waals surface area contributed by atoms with E-state index in [0.717, 1.165) is 17.6 Å². The van der Waals surface area contributed by atoms with Gasteiger partial charge in [-0.25, -0.2) is 0 Å². The fraction of sp³-hybridized carbons (Fsp3) is 0.250. The molecule has 0 unspecified atom stereocenters. The van der Waals surface area contributed by atoms with Crippen molar-refractivity contribution >= 4 is 39.2 Å². The van der Waals surface area contributed by atoms with Crippen LogP contribution in [0, 0.1) is 13.8 Å². The van der Waals surface area contributed by atoms with Crippen molar-refractivity contribution in [2.75, 3.05) is 18.4 Å². The smallest absolute Gasteiger partial charge is 0.430 e. The molecule has 5 rings (SSSR count). The van der Waals surface area contributed by atoms with Gasteiger partial charge in [0.2, 0.25) is 5.75 Å². The van der Waals surface area contributed by atoms with Crippen LogP contribution in [-0.4, -0.2) is 49.0 Å². The molecule has 0 atom stereocenters. The fourth-order valence-electron chi connectivity index (χ4n) is 4.30. The summed E-state index contributed by atoms with van der Waals surface area (Å²) >= 11 is 0. The standard InChI is InChI=1S/C26H25N3O3S.C2HF3O2/c1-17-3-7-19(8-4-17)11-13-28-23-15-22-24-20(12-14-27-22)16-29(25(24)26(23)30)33(31,32)21-9-5-18(2)6-10-21;3-2(4,5)1(6)7/h3-10,15-16H,11-14H2,1-2H3,(H,27,28);(H,6,7). The molecule has 8 nitrogen and oxygen atoms in total. The Balaban J connectivity index is 0.000000470. The summed E-state index contributed by atoms with van der Waals surface area (Å²) in [6.45, 7) is 5.15. The Kier molecular flexibility index (Phi) is 8.01. The van der Waals surface area contributed by atoms with Crippen molar-refractivity contribution < 1.29 is 40.6 Å². The number of rotatable bonds is 6. The lowest BCUT2D eigenvalue weighted by atomic mass is 10.1. The van der Waals surface area contributed by atoms with E-state index in [1.807, 2.05) is 13.0 Å². The number of nitrogens with zero attached hydrogens (tertiary/aromatic N) is 2. The Morgan fingerprint density at radius 3 is 2.23 bits per heavy atom. The van der Waals surface area contributed by atoms with Crippen LogP contribution in [0.4, 0.5) is 24.5 Å². The van der Waals surface area contributed by atoms with Crippen molar-refractivity contribution in [3.05, 3.63) is 81.9 Å². The SMILES string of the molecule is Cc1ccc(CCNc2cc3c4c(c2O)[N+](S(=O)(=O)c2ccc(C)cc2)=CC=4CCN=3)cc1.O=C([O-])C(F)(F)F. The summed E-state index contributed by atoms with van der Waals surface area (Å²) in [6.07, 6.45) is -2.15. The number of halogens is 3. The third-order valence-electron chi connectivity index (χ3n) is 6.39. The minimum absolute atomic E-state index is 0.0725. The summed E-state index contributed by atoms with van der Waals surface area (Å²) in [7, 11) is -3.88. The van der Waals surface area contributed by atoms with Crippen LogP contribution in [0.25, 0.3) is 5.57 Å². The summed E-state index contributed by atoms with van der Waals surface area (Å²) in [5, 5.41) is 24.7. The van der Waals surface area contributed by atoms with E-state index in [1.165, 1.54) is 15.1 Å². The molecule has 0 amide bonds. The largest absolute Gasteiger partial charge is 0.542 e. The molecular weight excluding hydrogens is 547 g/mol. The number of benzene rings is 3. The molecule has 2 N–H and O–H groups in total. The normalized spacial score (nSPS) is 13.9. The molecule has 3 aromatic rings. The molecular formula is C28H26F3N3O5S. The number of carbonyl (C=O) groups is 1. The molecule has 0 aliphatic carbocycles. The van der Waals surface area contributed by atoms with Crippen molar-refractivity contribution in [3.8, 4) is 5.75 Å². The van der Waals surface area contributed by atoms with E-state index >= 15 is 0 Å². The van der Waals surface area contributed by atoms with Gasteiger partial charge in [0.05, 0.1) is 16.3 Å². The topological polar surface area (TPSA) is 122 Å². The molecule has 3 aromatic carbocycles. The van der Waals surface area contributed by atoms with Crippen LogP contribution in [0.3, 0.4) is 0 Å². The molecule has 2 heterocycles. The highest BCUT2D eigenvalue weighted by atomic mass is 32.2. The summed E-state index contributed by atoms with van der Waals surface area (Å²) in [6, 6.07) is 16.9. The average Bonchev–Trinajstić information content (AvgIpc) is 3.30. The number of carboxylic acid groups (broad SMARTS) is 1. The maximum Gasteiger partial charge on any atom is 0.430 e. The second-order valence-electron chi connectivity index (χ2n) is 9.36. The van der Waals surface area contributed by atoms with Crippen LogP contribution >= 0.6 is 0 Å². The van der Waals surface area contributed by atoms with E-state index < -0.39 is 22.2 Å². The molecule has 0 saturated heterocycles. The fourth-order valence-corrected chi connectivity index (χ4v) is 5.69. The van der Waals surface area contributed by atoms with E-state index in [-0.39, 0.29) is 16.3 Å². The summed E-state index contributed by atoms with van der Waals surface area (Å²) in [5.41, 5.74) is 5.03. The zero-order valence-corrected chi connectivity index (χ0v) is 22.4. The van der Waals surface area contributed by atoms with Crippen LogP contribution in [-0.2, 0) is 21.2 Å². The Labute approximate surface area is 228 Å². The van der Waals surface area contributed by atoms with E-state index in [0.29, 0.717) is 35.8 Å². The number of nitrogens with one attached hydrogen (secondary N) is 1. The van der Waals surface area contributed by atoms with Gasteiger partial charge < -0.3 is 20.3 Å². The van der Waals surface area contributed by atoms with Gasteiger partial charge >= 0.3 is 16.2 Å². The zero-order valence-electron chi connectivity index (χ0n) is 21.6. The van der Waals surface area contributed by atoms with Gasteiger partial charge in [0, 0.05) is 18.7 Å². The number of sulfonamides is 1. The van der Waals surface area contributed by atoms with Gasteiger partial charge in [0.25, 0.3) is 5.69 Å². The first kappa shape index (κ1) is 28.8. The summed E-state index contributed by atoms with van der Waals surface area (Å²) in [4.78, 5) is 13.6. The minimum atomic E-state index is -5.19. The number of hydrogen-bond acceptors (Lipinski definition) is 7. The third kappa shape index (κ3) is 6.01. The zero-order chi connectivity index (χ0) is 29.2. The molecule has 210 valence electrons. The number of hydrogen-bond donors (Lipinski definition) is 2. The number of aromatic hydroxyl groups is 1. The molecule has 0 spiro atoms. The van der Waals surface area contributed by atoms with Gasteiger partial charge in [-0.05, 0) is 50.5 Å². The van der Waals surface area contributed by atoms with Gasteiger partial charge in [-0.3, -0.25) is 4.99 Å². The van der Waals surface area contributed by atoms with E-state index in [9.17, 15) is 26.7 Å². The number of aryl methyl sites for hydroxylation is 2. The number of phenols is 1. The van der Waals surface area contributed by atoms with Gasteiger partial charge in [0.1, 0.15) is 10.9 Å². The maximum absolute atomic E-state index is 13.5. The van der Waals surface area contributed by atoms with E-state index in [2.05, 4.69) is 41.5 Å². The van der Waals surface area contributed by atoms with Crippen LogP contribution in [0.5, 0.6) is 5.75 Å². The quantitative estimate of drug-likeness (QED) is 0.345. The molecule has 0 bridgehead atoms. The highest BCUT2D eigenvalue weighted by molar-refractivity contribution is 7.85. The monoisotopic (exact) mass is 573 g/mol. The molecule has 0 saturated carbocycles. The number of carbonyl (C=O) groups excluding carboxylic acids is 1. The molecule has 0 aromatic heterocycles. The first-order valence-corrected chi connectivity index (χ1v) is 13.7. The highest BCUT2D eigenvalue weighted by Gasteiger charge is 2.39. The second-order valence-corrected chi connectivity index (χ2v) is 11.2.